The SMILES string of the molecule is COC(=O)C(CO)NC(=O)c1ccc(Br)c(F)c1. The molecule has 18 heavy (non-hydrogen) atoms. The van der Waals surface area contributed by atoms with Crippen molar-refractivity contribution in [2.24, 2.45) is 0 Å². The summed E-state index contributed by atoms with van der Waals surface area (Å²) >= 11 is 2.96. The predicted octanol–water partition coefficient (Wildman–Crippen LogP) is 0.852. The van der Waals surface area contributed by atoms with E-state index >= 15 is 0 Å². The number of carbonyl (C=O) groups excluding carboxylic acids is 2. The Balaban J connectivity index is 2.81. The standard InChI is InChI=1S/C11H11BrFNO4/c1-18-11(17)9(5-15)14-10(16)6-2-3-7(12)8(13)4-6/h2-4,9,15H,5H2,1H3,(H,14,16). The summed E-state index contributed by atoms with van der Waals surface area (Å²) in [5, 5.41) is 11.2. The van der Waals surface area contributed by atoms with Crippen molar-refractivity contribution in [3.8, 4) is 0 Å². The van der Waals surface area contributed by atoms with Gasteiger partial charge in [-0.15, -0.1) is 0 Å². The third-order valence-electron chi connectivity index (χ3n) is 2.16. The number of halogens is 2. The number of hydrogen-bond acceptors (Lipinski definition) is 4. The smallest absolute Gasteiger partial charge is 0.330 e. The summed E-state index contributed by atoms with van der Waals surface area (Å²) in [4.78, 5) is 22.8. The minimum absolute atomic E-state index is 0.0399. The first-order valence-corrected chi connectivity index (χ1v) is 5.73. The molecule has 1 unspecified atom stereocenters. The minimum Gasteiger partial charge on any atom is -0.467 e. The highest BCUT2D eigenvalue weighted by molar-refractivity contribution is 9.10. The van der Waals surface area contributed by atoms with Gasteiger partial charge in [-0.3, -0.25) is 4.79 Å². The number of methoxy groups -OCH3 is 1. The van der Waals surface area contributed by atoms with E-state index in [9.17, 15) is 14.0 Å². The van der Waals surface area contributed by atoms with Crippen molar-refractivity contribution < 1.29 is 23.8 Å². The third kappa shape index (κ3) is 3.51. The van der Waals surface area contributed by atoms with Gasteiger partial charge in [-0.1, -0.05) is 0 Å². The second-order valence-corrected chi connectivity index (χ2v) is 4.22. The van der Waals surface area contributed by atoms with Crippen LogP contribution in [0, 0.1) is 5.82 Å². The highest BCUT2D eigenvalue weighted by atomic mass is 79.9. The summed E-state index contributed by atoms with van der Waals surface area (Å²) < 4.78 is 17.8. The van der Waals surface area contributed by atoms with Crippen LogP contribution in [0.25, 0.3) is 0 Å². The molecule has 98 valence electrons. The number of rotatable bonds is 4. The van der Waals surface area contributed by atoms with Crippen LogP contribution in [0.1, 0.15) is 10.4 Å². The van der Waals surface area contributed by atoms with Crippen LogP contribution in [0.2, 0.25) is 0 Å². The Morgan fingerprint density at radius 1 is 1.56 bits per heavy atom. The Morgan fingerprint density at radius 2 is 2.22 bits per heavy atom. The molecule has 7 heteroatoms. The molecule has 0 aliphatic carbocycles. The fraction of sp³-hybridized carbons (Fsp3) is 0.273. The van der Waals surface area contributed by atoms with E-state index in [1.54, 1.807) is 0 Å². The van der Waals surface area contributed by atoms with E-state index in [2.05, 4.69) is 26.0 Å². The number of esters is 1. The van der Waals surface area contributed by atoms with Crippen molar-refractivity contribution >= 4 is 27.8 Å². The van der Waals surface area contributed by atoms with E-state index in [0.717, 1.165) is 13.2 Å². The normalized spacial score (nSPS) is 11.8. The largest absolute Gasteiger partial charge is 0.467 e. The topological polar surface area (TPSA) is 75.6 Å². The van der Waals surface area contributed by atoms with Crippen LogP contribution in [0.4, 0.5) is 4.39 Å². The molecule has 0 spiro atoms. The lowest BCUT2D eigenvalue weighted by molar-refractivity contribution is -0.143. The second-order valence-electron chi connectivity index (χ2n) is 3.36. The number of aliphatic hydroxyl groups excluding tert-OH is 1. The van der Waals surface area contributed by atoms with Crippen LogP contribution >= 0.6 is 15.9 Å². The van der Waals surface area contributed by atoms with Gasteiger partial charge in [0, 0.05) is 5.56 Å². The average molecular weight is 320 g/mol. The summed E-state index contributed by atoms with van der Waals surface area (Å²) in [5.74, 6) is -2.05. The molecule has 1 amide bonds. The summed E-state index contributed by atoms with van der Waals surface area (Å²) in [5.41, 5.74) is 0.0399. The van der Waals surface area contributed by atoms with Gasteiger partial charge in [0.15, 0.2) is 6.04 Å². The van der Waals surface area contributed by atoms with Crippen molar-refractivity contribution in [2.45, 2.75) is 6.04 Å². The predicted molar refractivity (Wildman–Crippen MR) is 64.5 cm³/mol. The highest BCUT2D eigenvalue weighted by Gasteiger charge is 2.21. The molecule has 5 nitrogen and oxygen atoms in total. The summed E-state index contributed by atoms with van der Waals surface area (Å²) in [6, 6.07) is 2.60. The lowest BCUT2D eigenvalue weighted by Gasteiger charge is -2.13. The van der Waals surface area contributed by atoms with E-state index in [-0.39, 0.29) is 10.0 Å². The Labute approximate surface area is 111 Å². The third-order valence-corrected chi connectivity index (χ3v) is 2.80. The monoisotopic (exact) mass is 319 g/mol. The summed E-state index contributed by atoms with van der Waals surface area (Å²) in [6.45, 7) is -0.600. The second kappa shape index (κ2) is 6.46. The van der Waals surface area contributed by atoms with Gasteiger partial charge in [-0.2, -0.15) is 0 Å². The van der Waals surface area contributed by atoms with Crippen molar-refractivity contribution in [2.75, 3.05) is 13.7 Å². The number of hydrogen-bond donors (Lipinski definition) is 2. The Bertz CT molecular complexity index is 466. The van der Waals surface area contributed by atoms with Crippen molar-refractivity contribution in [3.05, 3.63) is 34.1 Å². The quantitative estimate of drug-likeness (QED) is 0.807. The molecule has 2 N–H and O–H groups in total. The van der Waals surface area contributed by atoms with Crippen LogP contribution in [0.3, 0.4) is 0 Å². The molecule has 0 aliphatic heterocycles. The minimum atomic E-state index is -1.17. The number of benzene rings is 1. The van der Waals surface area contributed by atoms with Gasteiger partial charge in [0.2, 0.25) is 0 Å². The molecule has 0 aromatic heterocycles. The van der Waals surface area contributed by atoms with Gasteiger partial charge in [0.05, 0.1) is 18.2 Å². The molecule has 0 radical (unpaired) electrons. The maximum absolute atomic E-state index is 13.2. The van der Waals surface area contributed by atoms with Crippen LogP contribution < -0.4 is 5.32 Å². The molecule has 0 bridgehead atoms. The fourth-order valence-electron chi connectivity index (χ4n) is 1.20. The molecule has 0 aliphatic rings. The Kier molecular flexibility index (Phi) is 5.24. The van der Waals surface area contributed by atoms with Gasteiger partial charge < -0.3 is 15.2 Å². The number of ether oxygens (including phenoxy) is 1. The Hall–Kier alpha value is -1.47. The zero-order valence-electron chi connectivity index (χ0n) is 9.44. The summed E-state index contributed by atoms with van der Waals surface area (Å²) in [7, 11) is 1.14. The molecular weight excluding hydrogens is 309 g/mol. The molecule has 0 heterocycles. The number of nitrogens with one attached hydrogen (secondary N) is 1. The molecule has 1 rings (SSSR count). The van der Waals surface area contributed by atoms with Gasteiger partial charge in [0.1, 0.15) is 5.82 Å². The van der Waals surface area contributed by atoms with Crippen molar-refractivity contribution in [1.29, 1.82) is 0 Å². The van der Waals surface area contributed by atoms with Crippen LogP contribution in [0.5, 0.6) is 0 Å². The lowest BCUT2D eigenvalue weighted by atomic mass is 10.2. The van der Waals surface area contributed by atoms with Crippen molar-refractivity contribution in [3.63, 3.8) is 0 Å². The summed E-state index contributed by atoms with van der Waals surface area (Å²) in [6.07, 6.45) is 0. The first kappa shape index (κ1) is 14.6. The Morgan fingerprint density at radius 3 is 2.72 bits per heavy atom. The zero-order valence-corrected chi connectivity index (χ0v) is 11.0. The van der Waals surface area contributed by atoms with Crippen molar-refractivity contribution in [1.82, 2.24) is 5.32 Å². The number of amides is 1. The molecular formula is C11H11BrFNO4. The van der Waals surface area contributed by atoms with Gasteiger partial charge in [-0.05, 0) is 34.1 Å². The van der Waals surface area contributed by atoms with E-state index in [1.165, 1.54) is 12.1 Å². The van der Waals surface area contributed by atoms with E-state index in [0.29, 0.717) is 0 Å². The van der Waals surface area contributed by atoms with Gasteiger partial charge in [0.25, 0.3) is 5.91 Å². The van der Waals surface area contributed by atoms with E-state index in [1.807, 2.05) is 0 Å². The van der Waals surface area contributed by atoms with Gasteiger partial charge >= 0.3 is 5.97 Å². The molecule has 1 atom stereocenters. The van der Waals surface area contributed by atoms with E-state index < -0.39 is 30.3 Å². The molecule has 0 saturated heterocycles. The zero-order chi connectivity index (χ0) is 13.7. The first-order chi connectivity index (χ1) is 8.49. The highest BCUT2D eigenvalue weighted by Crippen LogP contribution is 2.16. The van der Waals surface area contributed by atoms with Crippen LogP contribution in [-0.4, -0.2) is 36.7 Å². The van der Waals surface area contributed by atoms with Crippen LogP contribution in [0.15, 0.2) is 22.7 Å². The first-order valence-electron chi connectivity index (χ1n) is 4.94. The lowest BCUT2D eigenvalue weighted by Crippen LogP contribution is -2.44. The van der Waals surface area contributed by atoms with E-state index in [4.69, 9.17) is 5.11 Å². The fourth-order valence-corrected chi connectivity index (χ4v) is 1.45. The van der Waals surface area contributed by atoms with Crippen LogP contribution in [-0.2, 0) is 9.53 Å². The molecule has 0 saturated carbocycles. The number of carbonyl (C=O) groups is 2. The number of aliphatic hydroxyl groups is 1. The van der Waals surface area contributed by atoms with Gasteiger partial charge in [-0.25, -0.2) is 9.18 Å². The maximum atomic E-state index is 13.2. The molecule has 1 aromatic carbocycles. The average Bonchev–Trinajstić information content (AvgIpc) is 2.37. The molecule has 0 fully saturated rings. The maximum Gasteiger partial charge on any atom is 0.330 e. The molecule has 1 aromatic rings.